The minimum Gasteiger partial charge on any atom is -0.359 e. The Morgan fingerprint density at radius 2 is 1.83 bits per heavy atom. The summed E-state index contributed by atoms with van der Waals surface area (Å²) in [4.78, 5) is 13.5. The summed E-state index contributed by atoms with van der Waals surface area (Å²) in [6.45, 7) is 2.01. The highest BCUT2D eigenvalue weighted by Gasteiger charge is 2.36. The fraction of sp³-hybridized carbons (Fsp3) is 0.455. The Hall–Kier alpha value is -2.28. The van der Waals surface area contributed by atoms with Gasteiger partial charge < -0.3 is 9.80 Å². The van der Waals surface area contributed by atoms with Gasteiger partial charge in [0.15, 0.2) is 0 Å². The van der Waals surface area contributed by atoms with Crippen molar-refractivity contribution in [3.8, 4) is 0 Å². The molecule has 1 aromatic heterocycles. The Bertz CT molecular complexity index is 986. The average Bonchev–Trinajstić information content (AvgIpc) is 3.58. The van der Waals surface area contributed by atoms with E-state index in [1.165, 1.54) is 6.07 Å². The van der Waals surface area contributed by atoms with Crippen molar-refractivity contribution in [2.45, 2.75) is 37.9 Å². The summed E-state index contributed by atoms with van der Waals surface area (Å²) in [5.41, 5.74) is 1.78. The third-order valence-electron chi connectivity index (χ3n) is 6.26. The first kappa shape index (κ1) is 19.7. The third kappa shape index (κ3) is 3.75. The lowest BCUT2D eigenvalue weighted by molar-refractivity contribution is 0.152. The molecule has 3 aliphatic rings. The zero-order chi connectivity index (χ0) is 20.8. The summed E-state index contributed by atoms with van der Waals surface area (Å²) >= 11 is 6.09. The van der Waals surface area contributed by atoms with Crippen molar-refractivity contribution >= 4 is 28.8 Å². The average molecular weight is 435 g/mol. The van der Waals surface area contributed by atoms with E-state index in [2.05, 4.69) is 14.8 Å². The number of aromatic nitrogens is 1. The van der Waals surface area contributed by atoms with Crippen molar-refractivity contribution in [3.63, 3.8) is 0 Å². The molecule has 5 rings (SSSR count). The van der Waals surface area contributed by atoms with Crippen LogP contribution in [0.1, 0.15) is 37.4 Å². The van der Waals surface area contributed by atoms with Gasteiger partial charge in [-0.1, -0.05) is 17.7 Å². The van der Waals surface area contributed by atoms with E-state index in [1.54, 1.807) is 6.20 Å². The molecule has 2 aliphatic heterocycles. The summed E-state index contributed by atoms with van der Waals surface area (Å²) in [6.07, 6.45) is 3.76. The molecule has 0 bridgehead atoms. The fourth-order valence-electron chi connectivity index (χ4n) is 4.45. The molecular formula is C22H22ClF3N4. The van der Waals surface area contributed by atoms with Gasteiger partial charge in [-0.05, 0) is 37.7 Å². The van der Waals surface area contributed by atoms with Crippen LogP contribution in [0.25, 0.3) is 0 Å². The van der Waals surface area contributed by atoms with E-state index >= 15 is 0 Å². The second-order valence-corrected chi connectivity index (χ2v) is 8.66. The lowest BCUT2D eigenvalue weighted by Crippen LogP contribution is -2.46. The molecule has 0 radical (unpaired) electrons. The molecule has 1 atom stereocenters. The number of rotatable bonds is 3. The number of alkyl halides is 1. The molecule has 8 heteroatoms. The van der Waals surface area contributed by atoms with Crippen LogP contribution in [-0.4, -0.2) is 41.4 Å². The molecule has 30 heavy (non-hydrogen) atoms. The van der Waals surface area contributed by atoms with Crippen molar-refractivity contribution in [2.24, 2.45) is 10.9 Å². The van der Waals surface area contributed by atoms with Crippen LogP contribution in [0.2, 0.25) is 5.15 Å². The lowest BCUT2D eigenvalue weighted by atomic mass is 9.88. The molecule has 158 valence electrons. The molecule has 1 unspecified atom stereocenters. The maximum Gasteiger partial charge on any atom is 0.132 e. The van der Waals surface area contributed by atoms with Gasteiger partial charge in [-0.2, -0.15) is 0 Å². The van der Waals surface area contributed by atoms with Gasteiger partial charge in [0.25, 0.3) is 0 Å². The van der Waals surface area contributed by atoms with E-state index in [0.717, 1.165) is 42.2 Å². The van der Waals surface area contributed by atoms with Crippen LogP contribution in [0.5, 0.6) is 0 Å². The summed E-state index contributed by atoms with van der Waals surface area (Å²) in [6, 6.07) is 5.45. The van der Waals surface area contributed by atoms with Crippen molar-refractivity contribution < 1.29 is 13.2 Å². The van der Waals surface area contributed by atoms with E-state index in [4.69, 9.17) is 16.6 Å². The van der Waals surface area contributed by atoms with E-state index in [-0.39, 0.29) is 11.5 Å². The van der Waals surface area contributed by atoms with Crippen LogP contribution in [0.15, 0.2) is 35.5 Å². The Morgan fingerprint density at radius 1 is 1.07 bits per heavy atom. The Morgan fingerprint density at radius 3 is 2.53 bits per heavy atom. The highest BCUT2D eigenvalue weighted by Crippen LogP contribution is 2.41. The molecule has 0 spiro atoms. The lowest BCUT2D eigenvalue weighted by Gasteiger charge is -2.39. The van der Waals surface area contributed by atoms with Gasteiger partial charge in [0.2, 0.25) is 0 Å². The van der Waals surface area contributed by atoms with Gasteiger partial charge in [-0.3, -0.25) is 0 Å². The van der Waals surface area contributed by atoms with Gasteiger partial charge >= 0.3 is 0 Å². The molecular weight excluding hydrogens is 413 g/mol. The largest absolute Gasteiger partial charge is 0.359 e. The van der Waals surface area contributed by atoms with Crippen molar-refractivity contribution in [1.29, 1.82) is 0 Å². The predicted molar refractivity (Wildman–Crippen MR) is 111 cm³/mol. The number of halogens is 4. The first-order chi connectivity index (χ1) is 14.5. The molecule has 0 amide bonds. The molecule has 2 fully saturated rings. The monoisotopic (exact) mass is 434 g/mol. The number of hydrogen-bond acceptors (Lipinski definition) is 4. The van der Waals surface area contributed by atoms with Gasteiger partial charge in [0.05, 0.1) is 18.4 Å². The molecule has 4 nitrogen and oxygen atoms in total. The highest BCUT2D eigenvalue weighted by molar-refractivity contribution is 6.29. The molecule has 3 heterocycles. The Kier molecular flexibility index (Phi) is 5.09. The number of aliphatic imine (C=N–C) groups is 1. The van der Waals surface area contributed by atoms with Crippen LogP contribution in [0.3, 0.4) is 0 Å². The van der Waals surface area contributed by atoms with Crippen LogP contribution in [-0.2, 0) is 0 Å². The number of anilines is 1. The van der Waals surface area contributed by atoms with Crippen molar-refractivity contribution in [2.75, 3.05) is 24.5 Å². The second-order valence-electron chi connectivity index (χ2n) is 8.27. The van der Waals surface area contributed by atoms with E-state index in [0.29, 0.717) is 43.7 Å². The topological polar surface area (TPSA) is 31.7 Å². The SMILES string of the molecule is Fc1ccc(C(F)C2CCN(C3=Nc4cnc(Cl)cc4N(C4CC4)C3)CC2)c(F)c1. The number of hydrogen-bond donors (Lipinski definition) is 0. The molecule has 1 aliphatic carbocycles. The van der Waals surface area contributed by atoms with Crippen molar-refractivity contribution in [1.82, 2.24) is 9.88 Å². The Balaban J connectivity index is 1.30. The summed E-state index contributed by atoms with van der Waals surface area (Å²) in [5.74, 6) is -0.840. The van der Waals surface area contributed by atoms with E-state index in [1.807, 2.05) is 6.07 Å². The number of fused-ring (bicyclic) bond motifs is 1. The number of benzene rings is 1. The number of piperidine rings is 1. The smallest absolute Gasteiger partial charge is 0.132 e. The summed E-state index contributed by atoms with van der Waals surface area (Å²) < 4.78 is 42.1. The first-order valence-electron chi connectivity index (χ1n) is 10.3. The standard InChI is InChI=1S/C22H22ClF3N4/c23-20-10-19-18(11-27-20)28-21(12-30(19)15-2-3-15)29-7-5-13(6-8-29)22(26)16-4-1-14(24)9-17(16)25/h1,4,9-11,13,15,22H,2-3,5-8,12H2. The number of amidine groups is 1. The van der Waals surface area contributed by atoms with Gasteiger partial charge in [0, 0.05) is 36.8 Å². The quantitative estimate of drug-likeness (QED) is 0.602. The van der Waals surface area contributed by atoms with Crippen LogP contribution >= 0.6 is 11.6 Å². The van der Waals surface area contributed by atoms with Crippen LogP contribution in [0, 0.1) is 17.6 Å². The minimum absolute atomic E-state index is 0.0540. The molecule has 0 N–H and O–H groups in total. The molecule has 2 aromatic rings. The fourth-order valence-corrected chi connectivity index (χ4v) is 4.61. The van der Waals surface area contributed by atoms with E-state index in [9.17, 15) is 13.2 Å². The third-order valence-corrected chi connectivity index (χ3v) is 6.47. The van der Waals surface area contributed by atoms with E-state index < -0.39 is 17.8 Å². The zero-order valence-corrected chi connectivity index (χ0v) is 17.1. The second kappa shape index (κ2) is 7.76. The normalized spacial score (nSPS) is 20.7. The van der Waals surface area contributed by atoms with Gasteiger partial charge in [-0.15, -0.1) is 0 Å². The molecule has 1 aromatic carbocycles. The predicted octanol–water partition coefficient (Wildman–Crippen LogP) is 5.45. The maximum absolute atomic E-state index is 15.0. The summed E-state index contributed by atoms with van der Waals surface area (Å²) in [5, 5.41) is 0.459. The first-order valence-corrected chi connectivity index (χ1v) is 10.7. The van der Waals surface area contributed by atoms with Crippen LogP contribution < -0.4 is 4.90 Å². The molecule has 1 saturated carbocycles. The Labute approximate surface area is 178 Å². The minimum atomic E-state index is -1.43. The van der Waals surface area contributed by atoms with Gasteiger partial charge in [-0.25, -0.2) is 23.1 Å². The summed E-state index contributed by atoms with van der Waals surface area (Å²) in [7, 11) is 0. The number of likely N-dealkylation sites (tertiary alicyclic amines) is 1. The zero-order valence-electron chi connectivity index (χ0n) is 16.4. The number of pyridine rings is 1. The van der Waals surface area contributed by atoms with Gasteiger partial charge in [0.1, 0.15) is 34.5 Å². The molecule has 1 saturated heterocycles. The highest BCUT2D eigenvalue weighted by atomic mass is 35.5. The number of nitrogens with zero attached hydrogens (tertiary/aromatic N) is 4. The van der Waals surface area contributed by atoms with Crippen LogP contribution in [0.4, 0.5) is 24.5 Å². The maximum atomic E-state index is 15.0. The van der Waals surface area contributed by atoms with Crippen molar-refractivity contribution in [3.05, 3.63) is 52.8 Å².